The highest BCUT2D eigenvalue weighted by Gasteiger charge is 2.28. The van der Waals surface area contributed by atoms with Gasteiger partial charge in [0.05, 0.1) is 0 Å². The van der Waals surface area contributed by atoms with Gasteiger partial charge in [0.2, 0.25) is 0 Å². The highest BCUT2D eigenvalue weighted by atomic mass is 35.5. The number of urea groups is 1. The van der Waals surface area contributed by atoms with Crippen molar-refractivity contribution in [3.8, 4) is 0 Å². The number of carbonyl (C=O) groups is 3. The van der Waals surface area contributed by atoms with Crippen LogP contribution in [0.2, 0.25) is 10.0 Å². The van der Waals surface area contributed by atoms with Crippen molar-refractivity contribution >= 4 is 58.0 Å². The van der Waals surface area contributed by atoms with Crippen molar-refractivity contribution in [2.24, 2.45) is 0 Å². The van der Waals surface area contributed by atoms with Gasteiger partial charge in [-0.3, -0.25) is 20.2 Å². The molecule has 1 fully saturated rings. The van der Waals surface area contributed by atoms with Crippen LogP contribution < -0.4 is 10.6 Å². The number of hydrogen-bond donors (Lipinski definition) is 2. The summed E-state index contributed by atoms with van der Waals surface area (Å²) in [5, 5.41) is 6.17. The number of halogens is 2. The maximum atomic E-state index is 12.1. The first-order valence-corrected chi connectivity index (χ1v) is 9.51. The molecule has 4 amide bonds. The lowest BCUT2D eigenvalue weighted by Crippen LogP contribution is -2.51. The van der Waals surface area contributed by atoms with Crippen LogP contribution in [0.4, 0.5) is 4.79 Å². The summed E-state index contributed by atoms with van der Waals surface area (Å²) in [4.78, 5) is 35.6. The van der Waals surface area contributed by atoms with Crippen LogP contribution in [0.15, 0.2) is 48.0 Å². The van der Waals surface area contributed by atoms with Gasteiger partial charge in [-0.2, -0.15) is 0 Å². The zero-order valence-corrected chi connectivity index (χ0v) is 16.8. The minimum absolute atomic E-state index is 0.125. The summed E-state index contributed by atoms with van der Waals surface area (Å²) in [6.07, 6.45) is 1.51. The Hall–Kier alpha value is -3.09. The normalized spacial score (nSPS) is 14.2. The number of nitrogens with zero attached hydrogens (tertiary/aromatic N) is 1. The lowest BCUT2D eigenvalue weighted by Gasteiger charge is -2.14. The molecule has 0 unspecified atom stereocenters. The van der Waals surface area contributed by atoms with Crippen molar-refractivity contribution in [2.75, 3.05) is 0 Å². The Labute approximate surface area is 176 Å². The smallest absolute Gasteiger partial charge is 0.328 e. The molecule has 146 valence electrons. The molecule has 0 spiro atoms. The molecule has 2 N–H and O–H groups in total. The van der Waals surface area contributed by atoms with Crippen LogP contribution in [0.1, 0.15) is 16.8 Å². The van der Waals surface area contributed by atoms with Gasteiger partial charge in [0.1, 0.15) is 5.57 Å². The average Bonchev–Trinajstić information content (AvgIpc) is 2.92. The van der Waals surface area contributed by atoms with Gasteiger partial charge in [-0.15, -0.1) is 0 Å². The molecular weight excluding hydrogens is 413 g/mol. The van der Waals surface area contributed by atoms with E-state index in [9.17, 15) is 14.4 Å². The van der Waals surface area contributed by atoms with Crippen LogP contribution in [0, 0.1) is 6.92 Å². The third-order valence-corrected chi connectivity index (χ3v) is 5.44. The second-order valence-electron chi connectivity index (χ2n) is 6.63. The average molecular weight is 428 g/mol. The van der Waals surface area contributed by atoms with Crippen LogP contribution in [-0.2, 0) is 16.1 Å². The van der Waals surface area contributed by atoms with Crippen molar-refractivity contribution in [1.29, 1.82) is 0 Å². The number of amides is 4. The number of aromatic nitrogens is 1. The summed E-state index contributed by atoms with van der Waals surface area (Å²) >= 11 is 12.3. The predicted molar refractivity (Wildman–Crippen MR) is 112 cm³/mol. The van der Waals surface area contributed by atoms with Gasteiger partial charge in [-0.05, 0) is 36.8 Å². The fourth-order valence-corrected chi connectivity index (χ4v) is 3.88. The molecule has 0 bridgehead atoms. The van der Waals surface area contributed by atoms with Gasteiger partial charge in [-0.25, -0.2) is 4.79 Å². The van der Waals surface area contributed by atoms with E-state index in [4.69, 9.17) is 23.2 Å². The number of hydrogen-bond acceptors (Lipinski definition) is 3. The van der Waals surface area contributed by atoms with Crippen molar-refractivity contribution in [3.63, 3.8) is 0 Å². The zero-order chi connectivity index (χ0) is 20.7. The summed E-state index contributed by atoms with van der Waals surface area (Å²) in [5.41, 5.74) is 3.26. The third kappa shape index (κ3) is 3.52. The Bertz CT molecular complexity index is 1210. The summed E-state index contributed by atoms with van der Waals surface area (Å²) < 4.78 is 2.06. The van der Waals surface area contributed by atoms with E-state index in [-0.39, 0.29) is 5.57 Å². The van der Waals surface area contributed by atoms with Crippen LogP contribution in [0.5, 0.6) is 0 Å². The molecule has 1 aromatic heterocycles. The maximum Gasteiger partial charge on any atom is 0.328 e. The summed E-state index contributed by atoms with van der Waals surface area (Å²) in [6.45, 7) is 2.39. The molecule has 1 saturated heterocycles. The van der Waals surface area contributed by atoms with Crippen molar-refractivity contribution in [2.45, 2.75) is 13.5 Å². The van der Waals surface area contributed by atoms with Crippen molar-refractivity contribution < 1.29 is 14.4 Å². The van der Waals surface area contributed by atoms with Crippen LogP contribution in [-0.4, -0.2) is 22.4 Å². The number of rotatable bonds is 3. The molecule has 2 heterocycles. The van der Waals surface area contributed by atoms with E-state index >= 15 is 0 Å². The monoisotopic (exact) mass is 427 g/mol. The topological polar surface area (TPSA) is 80.2 Å². The molecule has 29 heavy (non-hydrogen) atoms. The standard InChI is InChI=1S/C21H15Cl2N3O3/c1-11-15(9-16-19(27)24-21(29)25-20(16)28)14-4-2-3-5-18(14)26(11)10-12-6-7-13(22)8-17(12)23/h2-9H,10H2,1H3,(H2,24,25,27,28,29). The first-order valence-electron chi connectivity index (χ1n) is 8.75. The predicted octanol–water partition coefficient (Wildman–Crippen LogP) is 4.05. The summed E-state index contributed by atoms with van der Waals surface area (Å²) in [5.74, 6) is -1.45. The summed E-state index contributed by atoms with van der Waals surface area (Å²) in [7, 11) is 0. The molecule has 1 aliphatic heterocycles. The second kappa shape index (κ2) is 7.39. The van der Waals surface area contributed by atoms with Crippen LogP contribution in [0.25, 0.3) is 17.0 Å². The lowest BCUT2D eigenvalue weighted by atomic mass is 10.1. The Morgan fingerprint density at radius 1 is 1.00 bits per heavy atom. The SMILES string of the molecule is Cc1c(C=C2C(=O)NC(=O)NC2=O)c2ccccc2n1Cc1ccc(Cl)cc1Cl. The van der Waals surface area contributed by atoms with Gasteiger partial charge >= 0.3 is 6.03 Å². The quantitative estimate of drug-likeness (QED) is 0.488. The van der Waals surface area contributed by atoms with Crippen molar-refractivity contribution in [3.05, 3.63) is 74.9 Å². The number of barbiturate groups is 1. The van der Waals surface area contributed by atoms with Gasteiger partial charge in [-0.1, -0.05) is 47.5 Å². The molecule has 0 saturated carbocycles. The van der Waals surface area contributed by atoms with E-state index in [0.29, 0.717) is 16.6 Å². The zero-order valence-electron chi connectivity index (χ0n) is 15.3. The molecule has 0 radical (unpaired) electrons. The Morgan fingerprint density at radius 2 is 1.69 bits per heavy atom. The molecule has 6 nitrogen and oxygen atoms in total. The minimum Gasteiger partial charge on any atom is -0.340 e. The highest BCUT2D eigenvalue weighted by molar-refractivity contribution is 6.35. The van der Waals surface area contributed by atoms with E-state index in [1.807, 2.05) is 37.3 Å². The fraction of sp³-hybridized carbons (Fsp3) is 0.0952. The Morgan fingerprint density at radius 3 is 2.38 bits per heavy atom. The number of benzene rings is 2. The minimum atomic E-state index is -0.825. The first kappa shape index (κ1) is 19.2. The van der Waals surface area contributed by atoms with Crippen LogP contribution in [0.3, 0.4) is 0 Å². The molecule has 1 aliphatic rings. The molecule has 8 heteroatoms. The van der Waals surface area contributed by atoms with Crippen LogP contribution >= 0.6 is 23.2 Å². The molecule has 0 atom stereocenters. The van der Waals surface area contributed by atoms with Gasteiger partial charge in [0, 0.05) is 38.8 Å². The number of fused-ring (bicyclic) bond motifs is 1. The van der Waals surface area contributed by atoms with E-state index in [1.54, 1.807) is 12.1 Å². The Kier molecular flexibility index (Phi) is 4.90. The van der Waals surface area contributed by atoms with E-state index in [0.717, 1.165) is 27.7 Å². The van der Waals surface area contributed by atoms with E-state index < -0.39 is 17.8 Å². The lowest BCUT2D eigenvalue weighted by molar-refractivity contribution is -0.123. The van der Waals surface area contributed by atoms with E-state index in [1.165, 1.54) is 6.08 Å². The fourth-order valence-electron chi connectivity index (χ4n) is 3.41. The van der Waals surface area contributed by atoms with Gasteiger partial charge in [0.25, 0.3) is 11.8 Å². The molecule has 0 aliphatic carbocycles. The molecule has 3 aromatic rings. The first-order chi connectivity index (χ1) is 13.8. The molecule has 4 rings (SSSR count). The highest BCUT2D eigenvalue weighted by Crippen LogP contribution is 2.30. The Balaban J connectivity index is 1.85. The molecular formula is C21H15Cl2N3O3. The second-order valence-corrected chi connectivity index (χ2v) is 7.48. The van der Waals surface area contributed by atoms with Gasteiger partial charge in [0.15, 0.2) is 0 Å². The largest absolute Gasteiger partial charge is 0.340 e. The maximum absolute atomic E-state index is 12.1. The number of imide groups is 2. The number of carbonyl (C=O) groups excluding carboxylic acids is 3. The van der Waals surface area contributed by atoms with Gasteiger partial charge < -0.3 is 4.57 Å². The third-order valence-electron chi connectivity index (χ3n) is 4.86. The molecule has 2 aromatic carbocycles. The van der Waals surface area contributed by atoms with E-state index in [2.05, 4.69) is 15.2 Å². The summed E-state index contributed by atoms with van der Waals surface area (Å²) in [6, 6.07) is 12.2. The number of nitrogens with one attached hydrogen (secondary N) is 2. The number of para-hydroxylation sites is 1. The van der Waals surface area contributed by atoms with Crippen molar-refractivity contribution in [1.82, 2.24) is 15.2 Å².